The number of sulfonamides is 1. The Balaban J connectivity index is 1.89. The van der Waals surface area contributed by atoms with Crippen LogP contribution in [0.2, 0.25) is 0 Å². The summed E-state index contributed by atoms with van der Waals surface area (Å²) in [6, 6.07) is 10.4. The lowest BCUT2D eigenvalue weighted by Crippen LogP contribution is -2.26. The summed E-state index contributed by atoms with van der Waals surface area (Å²) in [7, 11) is -2.30. The summed E-state index contributed by atoms with van der Waals surface area (Å²) in [5.74, 6) is -0.939. The van der Waals surface area contributed by atoms with Gasteiger partial charge in [-0.3, -0.25) is 4.79 Å². The van der Waals surface area contributed by atoms with Crippen LogP contribution in [-0.2, 0) is 21.4 Å². The van der Waals surface area contributed by atoms with Crippen LogP contribution in [-0.4, -0.2) is 25.7 Å². The number of rotatable bonds is 4. The second-order valence-electron chi connectivity index (χ2n) is 5.85. The minimum Gasteiger partial charge on any atom is -0.325 e. The summed E-state index contributed by atoms with van der Waals surface area (Å²) in [4.78, 5) is 11.8. The van der Waals surface area contributed by atoms with Crippen LogP contribution >= 0.6 is 0 Å². The third-order valence-corrected chi connectivity index (χ3v) is 5.94. The minimum atomic E-state index is -3.74. The maximum atomic E-state index is 13.3. The number of carbonyl (C=O) groups excluding carboxylic acids is 1. The standard InChI is InChI=1S/C17H17FN2O3S/c1-11-15-9-14(6-7-16(15)19-17(11)21)24(22,23)20(2)10-12-4-3-5-13(18)8-12/h3-9,11H,10H2,1-2H3,(H,19,21)/t11-/m0/s1. The number of amides is 1. The molecule has 0 aliphatic carbocycles. The zero-order valence-electron chi connectivity index (χ0n) is 13.3. The molecule has 3 rings (SSSR count). The molecule has 0 radical (unpaired) electrons. The third-order valence-electron chi connectivity index (χ3n) is 4.14. The summed E-state index contributed by atoms with van der Waals surface area (Å²) < 4.78 is 39.9. The van der Waals surface area contributed by atoms with Gasteiger partial charge in [0.15, 0.2) is 0 Å². The highest BCUT2D eigenvalue weighted by atomic mass is 32.2. The average molecular weight is 348 g/mol. The molecule has 126 valence electrons. The first-order valence-corrected chi connectivity index (χ1v) is 8.88. The Morgan fingerprint density at radius 2 is 1.96 bits per heavy atom. The predicted molar refractivity (Wildman–Crippen MR) is 88.5 cm³/mol. The van der Waals surface area contributed by atoms with Gasteiger partial charge in [-0.1, -0.05) is 12.1 Å². The molecule has 2 aromatic rings. The van der Waals surface area contributed by atoms with Crippen molar-refractivity contribution in [2.75, 3.05) is 12.4 Å². The van der Waals surface area contributed by atoms with Gasteiger partial charge in [-0.2, -0.15) is 4.31 Å². The van der Waals surface area contributed by atoms with Crippen LogP contribution in [0.15, 0.2) is 47.4 Å². The van der Waals surface area contributed by atoms with Crippen molar-refractivity contribution >= 4 is 21.6 Å². The summed E-state index contributed by atoms with van der Waals surface area (Å²) in [6.07, 6.45) is 0. The van der Waals surface area contributed by atoms with E-state index in [1.165, 1.54) is 35.6 Å². The Labute approximate surface area is 140 Å². The summed E-state index contributed by atoms with van der Waals surface area (Å²) in [5, 5.41) is 2.71. The van der Waals surface area contributed by atoms with E-state index in [1.807, 2.05) is 0 Å². The van der Waals surface area contributed by atoms with Crippen molar-refractivity contribution in [2.24, 2.45) is 0 Å². The second-order valence-corrected chi connectivity index (χ2v) is 7.90. The fourth-order valence-electron chi connectivity index (χ4n) is 2.71. The number of benzene rings is 2. The summed E-state index contributed by atoms with van der Waals surface area (Å²) >= 11 is 0. The second kappa shape index (κ2) is 5.99. The van der Waals surface area contributed by atoms with Crippen molar-refractivity contribution in [3.63, 3.8) is 0 Å². The molecule has 5 nitrogen and oxygen atoms in total. The molecule has 7 heteroatoms. The van der Waals surface area contributed by atoms with E-state index in [9.17, 15) is 17.6 Å². The van der Waals surface area contributed by atoms with Gasteiger partial charge in [-0.05, 0) is 48.4 Å². The fourth-order valence-corrected chi connectivity index (χ4v) is 3.91. The van der Waals surface area contributed by atoms with E-state index >= 15 is 0 Å². The Bertz CT molecular complexity index is 912. The topological polar surface area (TPSA) is 66.5 Å². The highest BCUT2D eigenvalue weighted by Gasteiger charge is 2.29. The first-order valence-electron chi connectivity index (χ1n) is 7.44. The predicted octanol–water partition coefficient (Wildman–Crippen LogP) is 2.70. The molecular weight excluding hydrogens is 331 g/mol. The van der Waals surface area contributed by atoms with Gasteiger partial charge in [0, 0.05) is 19.3 Å². The number of hydrogen-bond donors (Lipinski definition) is 1. The Morgan fingerprint density at radius 1 is 1.21 bits per heavy atom. The van der Waals surface area contributed by atoms with E-state index in [2.05, 4.69) is 5.32 Å². The van der Waals surface area contributed by atoms with Crippen molar-refractivity contribution in [1.29, 1.82) is 0 Å². The minimum absolute atomic E-state index is 0.0594. The molecule has 0 bridgehead atoms. The Morgan fingerprint density at radius 3 is 2.67 bits per heavy atom. The number of nitrogens with one attached hydrogen (secondary N) is 1. The molecule has 0 fully saturated rings. The number of fused-ring (bicyclic) bond motifs is 1. The summed E-state index contributed by atoms with van der Waals surface area (Å²) in [5.41, 5.74) is 1.87. The van der Waals surface area contributed by atoms with E-state index in [0.29, 0.717) is 16.8 Å². The molecule has 1 heterocycles. The number of nitrogens with zero attached hydrogens (tertiary/aromatic N) is 1. The van der Waals surface area contributed by atoms with Crippen LogP contribution in [0.5, 0.6) is 0 Å². The molecular formula is C17H17FN2O3S. The molecule has 1 atom stereocenters. The van der Waals surface area contributed by atoms with Crippen molar-refractivity contribution in [2.45, 2.75) is 24.3 Å². The molecule has 1 aliphatic heterocycles. The molecule has 1 N–H and O–H groups in total. The van der Waals surface area contributed by atoms with Crippen molar-refractivity contribution in [1.82, 2.24) is 4.31 Å². The van der Waals surface area contributed by atoms with Crippen molar-refractivity contribution < 1.29 is 17.6 Å². The van der Waals surface area contributed by atoms with Gasteiger partial charge < -0.3 is 5.32 Å². The molecule has 0 unspecified atom stereocenters. The van der Waals surface area contributed by atoms with Gasteiger partial charge in [-0.25, -0.2) is 12.8 Å². The molecule has 24 heavy (non-hydrogen) atoms. The lowest BCUT2D eigenvalue weighted by Gasteiger charge is -2.18. The largest absolute Gasteiger partial charge is 0.325 e. The van der Waals surface area contributed by atoms with Crippen LogP contribution in [0.3, 0.4) is 0 Å². The molecule has 1 aliphatic rings. The molecule has 0 saturated carbocycles. The molecule has 0 aromatic heterocycles. The van der Waals surface area contributed by atoms with Crippen LogP contribution in [0, 0.1) is 5.82 Å². The molecule has 0 spiro atoms. The lowest BCUT2D eigenvalue weighted by atomic mass is 10.0. The lowest BCUT2D eigenvalue weighted by molar-refractivity contribution is -0.116. The van der Waals surface area contributed by atoms with Crippen LogP contribution in [0.4, 0.5) is 10.1 Å². The van der Waals surface area contributed by atoms with Crippen LogP contribution < -0.4 is 5.32 Å². The number of carbonyl (C=O) groups is 1. The van der Waals surface area contributed by atoms with Gasteiger partial charge >= 0.3 is 0 Å². The summed E-state index contributed by atoms with van der Waals surface area (Å²) in [6.45, 7) is 1.79. The van der Waals surface area contributed by atoms with Gasteiger partial charge in [0.1, 0.15) is 5.82 Å². The smallest absolute Gasteiger partial charge is 0.243 e. The monoisotopic (exact) mass is 348 g/mol. The quantitative estimate of drug-likeness (QED) is 0.924. The highest BCUT2D eigenvalue weighted by molar-refractivity contribution is 7.89. The normalized spacial score (nSPS) is 17.0. The van der Waals surface area contributed by atoms with Crippen LogP contribution in [0.1, 0.15) is 24.0 Å². The van der Waals surface area contributed by atoms with Gasteiger partial charge in [0.25, 0.3) is 0 Å². The average Bonchev–Trinajstić information content (AvgIpc) is 2.81. The number of halogens is 1. The SMILES string of the molecule is C[C@@H]1C(=O)Nc2ccc(S(=O)(=O)N(C)Cc3cccc(F)c3)cc21. The first kappa shape index (κ1) is 16.6. The first-order chi connectivity index (χ1) is 11.3. The van der Waals surface area contributed by atoms with Gasteiger partial charge in [-0.15, -0.1) is 0 Å². The van der Waals surface area contributed by atoms with E-state index < -0.39 is 15.8 Å². The Kier molecular flexibility index (Phi) is 4.15. The number of hydrogen-bond acceptors (Lipinski definition) is 3. The number of anilines is 1. The van der Waals surface area contributed by atoms with Crippen molar-refractivity contribution in [3.8, 4) is 0 Å². The zero-order chi connectivity index (χ0) is 17.5. The molecule has 1 amide bonds. The van der Waals surface area contributed by atoms with E-state index in [-0.39, 0.29) is 23.3 Å². The fraction of sp³-hybridized carbons (Fsp3) is 0.235. The third kappa shape index (κ3) is 2.92. The maximum absolute atomic E-state index is 13.3. The maximum Gasteiger partial charge on any atom is 0.243 e. The van der Waals surface area contributed by atoms with Gasteiger partial charge in [0.05, 0.1) is 10.8 Å². The Hall–Kier alpha value is -2.25. The van der Waals surface area contributed by atoms with E-state index in [4.69, 9.17) is 0 Å². The van der Waals surface area contributed by atoms with E-state index in [0.717, 1.165) is 0 Å². The zero-order valence-corrected chi connectivity index (χ0v) is 14.1. The highest BCUT2D eigenvalue weighted by Crippen LogP contribution is 2.34. The van der Waals surface area contributed by atoms with E-state index in [1.54, 1.807) is 25.1 Å². The molecule has 0 saturated heterocycles. The van der Waals surface area contributed by atoms with Crippen LogP contribution in [0.25, 0.3) is 0 Å². The van der Waals surface area contributed by atoms with Gasteiger partial charge in [0.2, 0.25) is 15.9 Å². The van der Waals surface area contributed by atoms with Crippen molar-refractivity contribution in [3.05, 3.63) is 59.4 Å². The molecule has 2 aromatic carbocycles.